The van der Waals surface area contributed by atoms with Crippen LogP contribution in [-0.2, 0) is 0 Å². The van der Waals surface area contributed by atoms with Crippen LogP contribution in [0.5, 0.6) is 0 Å². The van der Waals surface area contributed by atoms with Crippen LogP contribution in [0.2, 0.25) is 0 Å². The van der Waals surface area contributed by atoms with Gasteiger partial charge < -0.3 is 10.6 Å². The second-order valence-electron chi connectivity index (χ2n) is 4.98. The van der Waals surface area contributed by atoms with Gasteiger partial charge in [-0.25, -0.2) is 4.98 Å². The molecule has 19 heavy (non-hydrogen) atoms. The van der Waals surface area contributed by atoms with Crippen molar-refractivity contribution in [2.24, 2.45) is 0 Å². The van der Waals surface area contributed by atoms with Gasteiger partial charge in [-0.05, 0) is 49.6 Å². The van der Waals surface area contributed by atoms with E-state index >= 15 is 0 Å². The molecule has 4 heteroatoms. The summed E-state index contributed by atoms with van der Waals surface area (Å²) in [6.45, 7) is 3.00. The van der Waals surface area contributed by atoms with Gasteiger partial charge in [-0.1, -0.05) is 0 Å². The van der Waals surface area contributed by atoms with E-state index in [-0.39, 0.29) is 0 Å². The lowest BCUT2D eigenvalue weighted by atomic mass is 10.1. The molecule has 1 aliphatic heterocycles. The standard InChI is InChI=1S/C15H18N4/c1-11-13(16)4-5-15(18-11)19-10-2-3-14(19)12-6-8-17-9-7-12/h4-9,14H,2-3,10,16H2,1H3. The number of anilines is 2. The molecular weight excluding hydrogens is 236 g/mol. The van der Waals surface area contributed by atoms with Crippen molar-refractivity contribution in [3.63, 3.8) is 0 Å². The summed E-state index contributed by atoms with van der Waals surface area (Å²) < 4.78 is 0. The van der Waals surface area contributed by atoms with Gasteiger partial charge >= 0.3 is 0 Å². The largest absolute Gasteiger partial charge is 0.397 e. The summed E-state index contributed by atoms with van der Waals surface area (Å²) in [7, 11) is 0. The molecule has 1 saturated heterocycles. The monoisotopic (exact) mass is 254 g/mol. The average molecular weight is 254 g/mol. The summed E-state index contributed by atoms with van der Waals surface area (Å²) >= 11 is 0. The van der Waals surface area contributed by atoms with Gasteiger partial charge in [0.05, 0.1) is 17.4 Å². The van der Waals surface area contributed by atoms with Crippen molar-refractivity contribution in [1.82, 2.24) is 9.97 Å². The Balaban J connectivity index is 1.93. The van der Waals surface area contributed by atoms with Crippen LogP contribution in [-0.4, -0.2) is 16.5 Å². The van der Waals surface area contributed by atoms with Crippen molar-refractivity contribution < 1.29 is 0 Å². The van der Waals surface area contributed by atoms with Gasteiger partial charge in [-0.3, -0.25) is 4.98 Å². The molecule has 1 atom stereocenters. The first-order valence-corrected chi connectivity index (χ1v) is 6.65. The fourth-order valence-electron chi connectivity index (χ4n) is 2.69. The average Bonchev–Trinajstić information content (AvgIpc) is 2.92. The highest BCUT2D eigenvalue weighted by atomic mass is 15.2. The summed E-state index contributed by atoms with van der Waals surface area (Å²) in [5.74, 6) is 1.02. The predicted molar refractivity (Wildman–Crippen MR) is 76.9 cm³/mol. The van der Waals surface area contributed by atoms with Gasteiger partial charge in [0.25, 0.3) is 0 Å². The third kappa shape index (κ3) is 2.26. The fraction of sp³-hybridized carbons (Fsp3) is 0.333. The second-order valence-corrected chi connectivity index (χ2v) is 4.98. The molecule has 0 amide bonds. The number of nitrogens with zero attached hydrogens (tertiary/aromatic N) is 3. The SMILES string of the molecule is Cc1nc(N2CCCC2c2ccncc2)ccc1N. The minimum atomic E-state index is 0.401. The van der Waals surface area contributed by atoms with Crippen molar-refractivity contribution in [2.45, 2.75) is 25.8 Å². The Bertz CT molecular complexity index is 568. The summed E-state index contributed by atoms with van der Waals surface area (Å²) in [5, 5.41) is 0. The lowest BCUT2D eigenvalue weighted by Crippen LogP contribution is -2.23. The third-order valence-corrected chi connectivity index (χ3v) is 3.75. The van der Waals surface area contributed by atoms with E-state index in [1.807, 2.05) is 31.5 Å². The third-order valence-electron chi connectivity index (χ3n) is 3.75. The Morgan fingerprint density at radius 2 is 2.00 bits per heavy atom. The highest BCUT2D eigenvalue weighted by Gasteiger charge is 2.27. The van der Waals surface area contributed by atoms with Crippen LogP contribution >= 0.6 is 0 Å². The van der Waals surface area contributed by atoms with Crippen LogP contribution in [0.1, 0.15) is 30.1 Å². The number of rotatable bonds is 2. The summed E-state index contributed by atoms with van der Waals surface area (Å²) in [4.78, 5) is 11.1. The normalized spacial score (nSPS) is 18.8. The maximum atomic E-state index is 5.84. The van der Waals surface area contributed by atoms with Gasteiger partial charge in [0, 0.05) is 18.9 Å². The van der Waals surface area contributed by atoms with Crippen LogP contribution in [0.4, 0.5) is 11.5 Å². The van der Waals surface area contributed by atoms with E-state index in [0.717, 1.165) is 30.2 Å². The smallest absolute Gasteiger partial charge is 0.129 e. The Kier molecular flexibility index (Phi) is 3.07. The maximum absolute atomic E-state index is 5.84. The van der Waals surface area contributed by atoms with E-state index in [2.05, 4.69) is 27.0 Å². The molecule has 0 radical (unpaired) electrons. The number of nitrogens with two attached hydrogens (primary N) is 1. The predicted octanol–water partition coefficient (Wildman–Crippen LogP) is 2.71. The van der Waals surface area contributed by atoms with Crippen LogP contribution in [0.15, 0.2) is 36.7 Å². The van der Waals surface area contributed by atoms with Crippen LogP contribution in [0.25, 0.3) is 0 Å². The first-order chi connectivity index (χ1) is 9.25. The van der Waals surface area contributed by atoms with Crippen molar-refractivity contribution in [3.05, 3.63) is 47.9 Å². The molecule has 1 unspecified atom stereocenters. The van der Waals surface area contributed by atoms with Crippen molar-refractivity contribution in [1.29, 1.82) is 0 Å². The molecule has 0 aliphatic carbocycles. The molecule has 3 rings (SSSR count). The number of hydrogen-bond donors (Lipinski definition) is 1. The van der Waals surface area contributed by atoms with Crippen LogP contribution < -0.4 is 10.6 Å². The summed E-state index contributed by atoms with van der Waals surface area (Å²) in [6.07, 6.45) is 6.06. The number of pyridine rings is 2. The molecule has 0 aromatic carbocycles. The molecule has 1 aliphatic rings. The Labute approximate surface area is 113 Å². The lowest BCUT2D eigenvalue weighted by Gasteiger charge is -2.26. The Morgan fingerprint density at radius 1 is 1.21 bits per heavy atom. The highest BCUT2D eigenvalue weighted by Crippen LogP contribution is 2.35. The molecule has 2 N–H and O–H groups in total. The summed E-state index contributed by atoms with van der Waals surface area (Å²) in [6, 6.07) is 8.54. The van der Waals surface area contributed by atoms with Crippen molar-refractivity contribution in [3.8, 4) is 0 Å². The number of nitrogen functional groups attached to an aromatic ring is 1. The van der Waals surface area contributed by atoms with E-state index in [4.69, 9.17) is 5.73 Å². The zero-order valence-corrected chi connectivity index (χ0v) is 11.1. The van der Waals surface area contributed by atoms with E-state index in [1.54, 1.807) is 0 Å². The Hall–Kier alpha value is -2.10. The van der Waals surface area contributed by atoms with E-state index in [9.17, 15) is 0 Å². The zero-order valence-electron chi connectivity index (χ0n) is 11.1. The van der Waals surface area contributed by atoms with Gasteiger partial charge in [0.15, 0.2) is 0 Å². The first kappa shape index (κ1) is 12.0. The minimum absolute atomic E-state index is 0.401. The molecule has 2 aromatic rings. The number of hydrogen-bond acceptors (Lipinski definition) is 4. The first-order valence-electron chi connectivity index (χ1n) is 6.65. The summed E-state index contributed by atoms with van der Waals surface area (Å²) in [5.41, 5.74) is 8.81. The molecule has 0 saturated carbocycles. The lowest BCUT2D eigenvalue weighted by molar-refractivity contribution is 0.709. The molecule has 2 aromatic heterocycles. The van der Waals surface area contributed by atoms with E-state index in [1.165, 1.54) is 12.0 Å². The van der Waals surface area contributed by atoms with Crippen LogP contribution in [0, 0.1) is 6.92 Å². The van der Waals surface area contributed by atoms with Crippen molar-refractivity contribution in [2.75, 3.05) is 17.2 Å². The topological polar surface area (TPSA) is 55.0 Å². The van der Waals surface area contributed by atoms with Crippen molar-refractivity contribution >= 4 is 11.5 Å². The highest BCUT2D eigenvalue weighted by molar-refractivity contribution is 5.52. The van der Waals surface area contributed by atoms with Gasteiger partial charge in [-0.15, -0.1) is 0 Å². The molecule has 0 spiro atoms. The van der Waals surface area contributed by atoms with Gasteiger partial charge in [0.1, 0.15) is 5.82 Å². The second kappa shape index (κ2) is 4.88. The molecule has 4 nitrogen and oxygen atoms in total. The maximum Gasteiger partial charge on any atom is 0.129 e. The molecule has 0 bridgehead atoms. The minimum Gasteiger partial charge on any atom is -0.397 e. The van der Waals surface area contributed by atoms with E-state index < -0.39 is 0 Å². The quantitative estimate of drug-likeness (QED) is 0.895. The molecule has 98 valence electrons. The van der Waals surface area contributed by atoms with E-state index in [0.29, 0.717) is 6.04 Å². The number of aryl methyl sites for hydroxylation is 1. The van der Waals surface area contributed by atoms with Crippen LogP contribution in [0.3, 0.4) is 0 Å². The van der Waals surface area contributed by atoms with Gasteiger partial charge in [-0.2, -0.15) is 0 Å². The number of aromatic nitrogens is 2. The zero-order chi connectivity index (χ0) is 13.2. The molecule has 1 fully saturated rings. The fourth-order valence-corrected chi connectivity index (χ4v) is 2.69. The molecule has 3 heterocycles. The molecular formula is C15H18N4. The van der Waals surface area contributed by atoms with Gasteiger partial charge in [0.2, 0.25) is 0 Å². The Morgan fingerprint density at radius 3 is 2.74 bits per heavy atom.